The Bertz CT molecular complexity index is 191. The van der Waals surface area contributed by atoms with E-state index in [4.69, 9.17) is 0 Å². The molecule has 84 valence electrons. The van der Waals surface area contributed by atoms with Crippen LogP contribution in [0.2, 0.25) is 0 Å². The number of aliphatic hydroxyl groups is 1. The van der Waals surface area contributed by atoms with Gasteiger partial charge in [-0.3, -0.25) is 0 Å². The van der Waals surface area contributed by atoms with Crippen molar-refractivity contribution in [2.24, 2.45) is 11.3 Å². The zero-order chi connectivity index (χ0) is 10.8. The molecule has 1 aliphatic rings. The summed E-state index contributed by atoms with van der Waals surface area (Å²) in [7, 11) is 0. The van der Waals surface area contributed by atoms with E-state index in [0.717, 1.165) is 19.4 Å². The summed E-state index contributed by atoms with van der Waals surface area (Å²) in [6.45, 7) is 10.3. The van der Waals surface area contributed by atoms with Gasteiger partial charge in [-0.05, 0) is 37.1 Å². The average molecular weight is 199 g/mol. The Balaban J connectivity index is 2.69. The summed E-state index contributed by atoms with van der Waals surface area (Å²) in [5.41, 5.74) is 0.363. The normalized spacial score (nSPS) is 36.2. The first-order valence-corrected chi connectivity index (χ1v) is 5.82. The molecule has 2 N–H and O–H groups in total. The quantitative estimate of drug-likeness (QED) is 0.727. The molecule has 0 saturated heterocycles. The van der Waals surface area contributed by atoms with E-state index in [0.29, 0.717) is 11.3 Å². The maximum Gasteiger partial charge on any atom is 0.0616 e. The second-order valence-electron chi connectivity index (χ2n) is 5.69. The van der Waals surface area contributed by atoms with Crippen molar-refractivity contribution >= 4 is 0 Å². The Labute approximate surface area is 88.1 Å². The number of aliphatic hydroxyl groups excluding tert-OH is 1. The molecule has 2 atom stereocenters. The largest absolute Gasteiger partial charge is 0.394 e. The molecule has 0 spiro atoms. The molecular formula is C12H25NO. The van der Waals surface area contributed by atoms with Gasteiger partial charge in [-0.1, -0.05) is 27.7 Å². The number of rotatable bonds is 4. The van der Waals surface area contributed by atoms with E-state index in [-0.39, 0.29) is 12.1 Å². The van der Waals surface area contributed by atoms with Gasteiger partial charge in [-0.25, -0.2) is 0 Å². The summed E-state index contributed by atoms with van der Waals surface area (Å²) in [5.74, 6) is 0.578. The van der Waals surface area contributed by atoms with Crippen LogP contribution in [0.25, 0.3) is 0 Å². The Hall–Kier alpha value is -0.0800. The summed E-state index contributed by atoms with van der Waals surface area (Å²) in [6, 6.07) is 0. The van der Waals surface area contributed by atoms with Crippen LogP contribution < -0.4 is 5.32 Å². The van der Waals surface area contributed by atoms with E-state index in [1.165, 1.54) is 6.42 Å². The lowest BCUT2D eigenvalue weighted by atomic mass is 9.87. The van der Waals surface area contributed by atoms with Crippen LogP contribution in [-0.4, -0.2) is 23.8 Å². The molecule has 0 aromatic rings. The minimum atomic E-state index is -0.0144. The third-order valence-electron chi connectivity index (χ3n) is 3.61. The van der Waals surface area contributed by atoms with Gasteiger partial charge in [-0.2, -0.15) is 0 Å². The summed E-state index contributed by atoms with van der Waals surface area (Å²) >= 11 is 0. The van der Waals surface area contributed by atoms with Gasteiger partial charge < -0.3 is 10.4 Å². The molecule has 2 unspecified atom stereocenters. The average Bonchev–Trinajstić information content (AvgIpc) is 2.33. The minimum Gasteiger partial charge on any atom is -0.394 e. The topological polar surface area (TPSA) is 32.3 Å². The molecule has 14 heavy (non-hydrogen) atoms. The van der Waals surface area contributed by atoms with Crippen LogP contribution in [0.1, 0.15) is 47.0 Å². The predicted molar refractivity (Wildman–Crippen MR) is 60.3 cm³/mol. The van der Waals surface area contributed by atoms with Crippen molar-refractivity contribution in [2.75, 3.05) is 13.2 Å². The molecule has 0 heterocycles. The molecule has 0 bridgehead atoms. The predicted octanol–water partition coefficient (Wildman–Crippen LogP) is 2.17. The van der Waals surface area contributed by atoms with Crippen LogP contribution in [-0.2, 0) is 0 Å². The summed E-state index contributed by atoms with van der Waals surface area (Å²) < 4.78 is 0. The number of hydrogen-bond acceptors (Lipinski definition) is 2. The Kier molecular flexibility index (Phi) is 3.59. The highest BCUT2D eigenvalue weighted by Crippen LogP contribution is 2.47. The minimum absolute atomic E-state index is 0.0144. The third kappa shape index (κ3) is 2.29. The highest BCUT2D eigenvalue weighted by molar-refractivity contribution is 5.03. The first kappa shape index (κ1) is 12.0. The third-order valence-corrected chi connectivity index (χ3v) is 3.61. The van der Waals surface area contributed by atoms with Crippen molar-refractivity contribution in [1.29, 1.82) is 0 Å². The molecule has 1 fully saturated rings. The van der Waals surface area contributed by atoms with Gasteiger partial charge in [0.25, 0.3) is 0 Å². The van der Waals surface area contributed by atoms with Crippen LogP contribution in [0, 0.1) is 11.3 Å². The maximum absolute atomic E-state index is 9.58. The molecule has 2 heteroatoms. The molecule has 0 radical (unpaired) electrons. The monoisotopic (exact) mass is 199 g/mol. The van der Waals surface area contributed by atoms with E-state index >= 15 is 0 Å². The van der Waals surface area contributed by atoms with Crippen LogP contribution >= 0.6 is 0 Å². The lowest BCUT2D eigenvalue weighted by Gasteiger charge is -2.33. The smallest absolute Gasteiger partial charge is 0.0616 e. The van der Waals surface area contributed by atoms with Gasteiger partial charge in [0.2, 0.25) is 0 Å². The van der Waals surface area contributed by atoms with Gasteiger partial charge in [0.05, 0.1) is 6.61 Å². The van der Waals surface area contributed by atoms with Gasteiger partial charge in [0, 0.05) is 5.54 Å². The lowest BCUT2D eigenvalue weighted by Crippen LogP contribution is -2.51. The van der Waals surface area contributed by atoms with Crippen molar-refractivity contribution < 1.29 is 5.11 Å². The van der Waals surface area contributed by atoms with Gasteiger partial charge in [0.1, 0.15) is 0 Å². The fourth-order valence-corrected chi connectivity index (χ4v) is 3.00. The standard InChI is InChI=1S/C12H25NO/c1-5-6-13-12(9-14)8-11(3,4)7-10(12)2/h10,13-14H,5-9H2,1-4H3. The Morgan fingerprint density at radius 1 is 1.43 bits per heavy atom. The van der Waals surface area contributed by atoms with Crippen molar-refractivity contribution in [3.63, 3.8) is 0 Å². The molecule has 1 aliphatic carbocycles. The zero-order valence-electron chi connectivity index (χ0n) is 10.1. The first-order chi connectivity index (χ1) is 6.46. The molecule has 2 nitrogen and oxygen atoms in total. The number of hydrogen-bond donors (Lipinski definition) is 2. The fraction of sp³-hybridized carbons (Fsp3) is 1.00. The summed E-state index contributed by atoms with van der Waals surface area (Å²) in [4.78, 5) is 0. The van der Waals surface area contributed by atoms with Crippen molar-refractivity contribution in [1.82, 2.24) is 5.32 Å². The number of nitrogens with one attached hydrogen (secondary N) is 1. The molecule has 0 amide bonds. The zero-order valence-corrected chi connectivity index (χ0v) is 10.1. The molecule has 0 aromatic carbocycles. The van der Waals surface area contributed by atoms with E-state index in [1.807, 2.05) is 0 Å². The second-order valence-corrected chi connectivity index (χ2v) is 5.69. The van der Waals surface area contributed by atoms with Crippen LogP contribution in [0.4, 0.5) is 0 Å². The molecular weight excluding hydrogens is 174 g/mol. The van der Waals surface area contributed by atoms with Crippen LogP contribution in [0.15, 0.2) is 0 Å². The summed E-state index contributed by atoms with van der Waals surface area (Å²) in [6.07, 6.45) is 3.44. The van der Waals surface area contributed by atoms with E-state index in [2.05, 4.69) is 33.0 Å². The molecule has 0 aliphatic heterocycles. The highest BCUT2D eigenvalue weighted by Gasteiger charge is 2.47. The van der Waals surface area contributed by atoms with Crippen molar-refractivity contribution in [3.8, 4) is 0 Å². The van der Waals surface area contributed by atoms with Gasteiger partial charge in [-0.15, -0.1) is 0 Å². The maximum atomic E-state index is 9.58. The molecule has 0 aromatic heterocycles. The SMILES string of the molecule is CCCNC1(CO)CC(C)(C)CC1C. The van der Waals surface area contributed by atoms with Crippen LogP contribution in [0.3, 0.4) is 0 Å². The van der Waals surface area contributed by atoms with Crippen LogP contribution in [0.5, 0.6) is 0 Å². The van der Waals surface area contributed by atoms with E-state index in [1.54, 1.807) is 0 Å². The first-order valence-electron chi connectivity index (χ1n) is 5.82. The summed E-state index contributed by atoms with van der Waals surface area (Å²) in [5, 5.41) is 13.1. The van der Waals surface area contributed by atoms with Gasteiger partial charge >= 0.3 is 0 Å². The van der Waals surface area contributed by atoms with Crippen molar-refractivity contribution in [2.45, 2.75) is 52.5 Å². The fourth-order valence-electron chi connectivity index (χ4n) is 3.00. The second kappa shape index (κ2) is 4.19. The molecule has 1 rings (SSSR count). The highest BCUT2D eigenvalue weighted by atomic mass is 16.3. The van der Waals surface area contributed by atoms with Crippen molar-refractivity contribution in [3.05, 3.63) is 0 Å². The van der Waals surface area contributed by atoms with E-state index < -0.39 is 0 Å². The lowest BCUT2D eigenvalue weighted by molar-refractivity contribution is 0.126. The van der Waals surface area contributed by atoms with E-state index in [9.17, 15) is 5.11 Å². The Morgan fingerprint density at radius 3 is 2.43 bits per heavy atom. The Morgan fingerprint density at radius 2 is 2.07 bits per heavy atom. The molecule has 1 saturated carbocycles. The van der Waals surface area contributed by atoms with Gasteiger partial charge in [0.15, 0.2) is 0 Å².